The van der Waals surface area contributed by atoms with Gasteiger partial charge in [0.1, 0.15) is 5.69 Å². The van der Waals surface area contributed by atoms with Gasteiger partial charge in [0.25, 0.3) is 0 Å². The maximum absolute atomic E-state index is 12.1. The summed E-state index contributed by atoms with van der Waals surface area (Å²) in [5.74, 6) is 4.80. The lowest BCUT2D eigenvalue weighted by Gasteiger charge is -2.04. The van der Waals surface area contributed by atoms with Gasteiger partial charge in [-0.2, -0.15) is 11.0 Å². The van der Waals surface area contributed by atoms with Gasteiger partial charge in [-0.15, -0.1) is 9.32 Å². The Kier molecular flexibility index (Phi) is 4.68. The van der Waals surface area contributed by atoms with Crippen LogP contribution in [0, 0.1) is 0 Å². The van der Waals surface area contributed by atoms with Crippen molar-refractivity contribution in [1.29, 1.82) is 0 Å². The summed E-state index contributed by atoms with van der Waals surface area (Å²) in [7, 11) is 0. The predicted molar refractivity (Wildman–Crippen MR) is 85.7 cm³/mol. The van der Waals surface area contributed by atoms with E-state index < -0.39 is 0 Å². The molecule has 8 heteroatoms. The number of carbonyl (C=O) groups is 1. The standard InChI is InChI=1S/C15H14N4O3S/c1-2-14(20)15-12-9-17-8-7-13(12)19(18-15)10-3-5-11(6-4-10)23-22-21-16/h3-9H,2,16H2,1H3. The van der Waals surface area contributed by atoms with Gasteiger partial charge in [0.15, 0.2) is 5.78 Å². The van der Waals surface area contributed by atoms with Crippen LogP contribution >= 0.6 is 12.0 Å². The summed E-state index contributed by atoms with van der Waals surface area (Å²) >= 11 is 1.00. The van der Waals surface area contributed by atoms with Crippen molar-refractivity contribution in [3.05, 3.63) is 48.4 Å². The smallest absolute Gasteiger partial charge is 0.183 e. The van der Waals surface area contributed by atoms with Crippen molar-refractivity contribution in [3.63, 3.8) is 0 Å². The zero-order valence-corrected chi connectivity index (χ0v) is 13.1. The molecular formula is C15H14N4O3S. The molecule has 1 aromatic carbocycles. The first-order valence-corrected chi connectivity index (χ1v) is 7.65. The van der Waals surface area contributed by atoms with Crippen LogP contribution in [-0.4, -0.2) is 20.5 Å². The second-order valence-corrected chi connectivity index (χ2v) is 5.45. The van der Waals surface area contributed by atoms with Crippen molar-refractivity contribution in [2.24, 2.45) is 5.90 Å². The lowest BCUT2D eigenvalue weighted by atomic mass is 10.1. The van der Waals surface area contributed by atoms with Gasteiger partial charge >= 0.3 is 0 Å². The highest BCUT2D eigenvalue weighted by Crippen LogP contribution is 2.25. The molecule has 0 amide bonds. The van der Waals surface area contributed by atoms with Crippen LogP contribution in [0.3, 0.4) is 0 Å². The van der Waals surface area contributed by atoms with E-state index in [1.54, 1.807) is 17.1 Å². The molecular weight excluding hydrogens is 316 g/mol. The summed E-state index contributed by atoms with van der Waals surface area (Å²) in [6.07, 6.45) is 3.74. The number of carbonyl (C=O) groups excluding carboxylic acids is 1. The molecule has 0 saturated carbocycles. The molecule has 2 N–H and O–H groups in total. The molecule has 3 aromatic rings. The minimum atomic E-state index is -0.0116. The summed E-state index contributed by atoms with van der Waals surface area (Å²) in [5, 5.41) is 5.21. The molecule has 0 atom stereocenters. The Morgan fingerprint density at radius 1 is 1.30 bits per heavy atom. The number of benzene rings is 1. The highest BCUT2D eigenvalue weighted by molar-refractivity contribution is 7.94. The Morgan fingerprint density at radius 3 is 2.78 bits per heavy atom. The molecule has 2 aromatic heterocycles. The number of Topliss-reactive ketones (excluding diaryl/α,β-unsaturated/α-hetero) is 1. The fourth-order valence-electron chi connectivity index (χ4n) is 2.23. The van der Waals surface area contributed by atoms with Gasteiger partial charge < -0.3 is 0 Å². The molecule has 23 heavy (non-hydrogen) atoms. The number of hydrogen-bond donors (Lipinski definition) is 1. The molecule has 3 rings (SSSR count). The maximum atomic E-state index is 12.1. The van der Waals surface area contributed by atoms with Crippen LogP contribution < -0.4 is 5.90 Å². The lowest BCUT2D eigenvalue weighted by Crippen LogP contribution is -2.01. The minimum absolute atomic E-state index is 0.0116. The van der Waals surface area contributed by atoms with Crippen molar-refractivity contribution in [2.45, 2.75) is 18.2 Å². The van der Waals surface area contributed by atoms with Crippen molar-refractivity contribution in [2.75, 3.05) is 0 Å². The van der Waals surface area contributed by atoms with Gasteiger partial charge in [-0.1, -0.05) is 6.92 Å². The zero-order valence-electron chi connectivity index (χ0n) is 12.3. The average Bonchev–Trinajstić information content (AvgIpc) is 2.99. The fourth-order valence-corrected chi connectivity index (χ4v) is 2.60. The number of hydrogen-bond acceptors (Lipinski definition) is 7. The van der Waals surface area contributed by atoms with E-state index in [0.717, 1.165) is 33.5 Å². The van der Waals surface area contributed by atoms with Crippen LogP contribution in [-0.2, 0) is 9.32 Å². The molecule has 0 fully saturated rings. The van der Waals surface area contributed by atoms with Gasteiger partial charge in [-0.25, -0.2) is 4.68 Å². The van der Waals surface area contributed by atoms with Crippen LogP contribution in [0.4, 0.5) is 0 Å². The van der Waals surface area contributed by atoms with E-state index in [1.165, 1.54) is 0 Å². The number of nitrogens with two attached hydrogens (primary N) is 1. The Hall–Kier alpha value is -2.26. The van der Waals surface area contributed by atoms with E-state index >= 15 is 0 Å². The third kappa shape index (κ3) is 3.10. The third-order valence-corrected chi connectivity index (χ3v) is 3.93. The second kappa shape index (κ2) is 6.88. The molecule has 0 unspecified atom stereocenters. The molecule has 0 aliphatic rings. The summed E-state index contributed by atoms with van der Waals surface area (Å²) in [5.41, 5.74) is 2.10. The summed E-state index contributed by atoms with van der Waals surface area (Å²) < 4.78 is 6.34. The molecule has 0 saturated heterocycles. The number of nitrogens with zero attached hydrogens (tertiary/aromatic N) is 3. The van der Waals surface area contributed by atoms with Crippen LogP contribution in [0.25, 0.3) is 16.6 Å². The van der Waals surface area contributed by atoms with Crippen molar-refractivity contribution < 1.29 is 14.1 Å². The molecule has 0 bridgehead atoms. The molecule has 0 aliphatic heterocycles. The SMILES string of the molecule is CCC(=O)c1nn(-c2ccc(SOON)cc2)c2ccncc12. The quantitative estimate of drug-likeness (QED) is 0.321. The van der Waals surface area contributed by atoms with Gasteiger partial charge in [0, 0.05) is 29.1 Å². The van der Waals surface area contributed by atoms with Gasteiger partial charge in [0.2, 0.25) is 0 Å². The van der Waals surface area contributed by atoms with E-state index in [0.29, 0.717) is 12.1 Å². The van der Waals surface area contributed by atoms with Crippen LogP contribution in [0.15, 0.2) is 47.6 Å². The van der Waals surface area contributed by atoms with Gasteiger partial charge in [-0.3, -0.25) is 9.78 Å². The Labute approximate surface area is 136 Å². The Balaban J connectivity index is 2.04. The van der Waals surface area contributed by atoms with E-state index in [9.17, 15) is 4.79 Å². The van der Waals surface area contributed by atoms with Gasteiger partial charge in [-0.05, 0) is 30.3 Å². The van der Waals surface area contributed by atoms with Gasteiger partial charge in [0.05, 0.1) is 23.2 Å². The van der Waals surface area contributed by atoms with Crippen LogP contribution in [0.5, 0.6) is 0 Å². The molecule has 0 radical (unpaired) electrons. The number of pyridine rings is 1. The van der Waals surface area contributed by atoms with E-state index in [-0.39, 0.29) is 5.78 Å². The van der Waals surface area contributed by atoms with Crippen molar-refractivity contribution in [3.8, 4) is 5.69 Å². The average molecular weight is 330 g/mol. The molecule has 0 spiro atoms. The summed E-state index contributed by atoms with van der Waals surface area (Å²) in [4.78, 5) is 21.1. The number of rotatable bonds is 6. The normalized spacial score (nSPS) is 11.0. The summed E-state index contributed by atoms with van der Waals surface area (Å²) in [6.45, 7) is 1.81. The highest BCUT2D eigenvalue weighted by Gasteiger charge is 2.16. The zero-order chi connectivity index (χ0) is 16.2. The first-order chi connectivity index (χ1) is 11.2. The van der Waals surface area contributed by atoms with E-state index in [1.807, 2.05) is 37.3 Å². The lowest BCUT2D eigenvalue weighted by molar-refractivity contribution is -0.195. The predicted octanol–water partition coefficient (Wildman–Crippen LogP) is 2.84. The summed E-state index contributed by atoms with van der Waals surface area (Å²) in [6, 6.07) is 9.26. The highest BCUT2D eigenvalue weighted by atomic mass is 32.2. The molecule has 7 nitrogen and oxygen atoms in total. The molecule has 2 heterocycles. The minimum Gasteiger partial charge on any atom is -0.292 e. The monoisotopic (exact) mass is 330 g/mol. The first-order valence-electron chi connectivity index (χ1n) is 6.91. The first kappa shape index (κ1) is 15.6. The fraction of sp³-hybridized carbons (Fsp3) is 0.133. The Bertz CT molecular complexity index is 832. The van der Waals surface area contributed by atoms with Crippen LogP contribution in [0.1, 0.15) is 23.8 Å². The van der Waals surface area contributed by atoms with Crippen LogP contribution in [0.2, 0.25) is 0 Å². The maximum Gasteiger partial charge on any atom is 0.183 e. The van der Waals surface area contributed by atoms with Crippen molar-refractivity contribution >= 4 is 28.7 Å². The number of aromatic nitrogens is 3. The number of fused-ring (bicyclic) bond motifs is 1. The molecule has 118 valence electrons. The molecule has 0 aliphatic carbocycles. The number of ketones is 1. The largest absolute Gasteiger partial charge is 0.292 e. The van der Waals surface area contributed by atoms with Crippen molar-refractivity contribution in [1.82, 2.24) is 14.8 Å². The van der Waals surface area contributed by atoms with E-state index in [4.69, 9.17) is 5.90 Å². The Morgan fingerprint density at radius 2 is 2.09 bits per heavy atom. The third-order valence-electron chi connectivity index (χ3n) is 3.32. The second-order valence-electron chi connectivity index (χ2n) is 4.67. The topological polar surface area (TPSA) is 92.3 Å². The van der Waals surface area contributed by atoms with E-state index in [2.05, 4.69) is 19.4 Å².